The normalized spacial score (nSPS) is 20.4. The van der Waals surface area contributed by atoms with Gasteiger partial charge in [-0.15, -0.1) is 0 Å². The zero-order valence-electron chi connectivity index (χ0n) is 11.8. The summed E-state index contributed by atoms with van der Waals surface area (Å²) in [5, 5.41) is 3.57. The molecule has 100 valence electrons. The summed E-state index contributed by atoms with van der Waals surface area (Å²) >= 11 is 0. The first-order chi connectivity index (χ1) is 8.81. The number of likely N-dealkylation sites (tertiary alicyclic amines) is 1. The number of rotatable bonds is 6. The van der Waals surface area contributed by atoms with Crippen LogP contribution in [0, 0.1) is 6.92 Å². The number of hydrogen-bond acceptors (Lipinski definition) is 2. The molecule has 0 aliphatic carbocycles. The lowest BCUT2D eigenvalue weighted by Crippen LogP contribution is -2.37. The van der Waals surface area contributed by atoms with Crippen molar-refractivity contribution in [2.24, 2.45) is 0 Å². The number of aryl methyl sites for hydroxylation is 1. The van der Waals surface area contributed by atoms with E-state index in [4.69, 9.17) is 0 Å². The molecule has 1 aromatic rings. The van der Waals surface area contributed by atoms with Gasteiger partial charge in [-0.05, 0) is 50.4 Å². The van der Waals surface area contributed by atoms with E-state index in [-0.39, 0.29) is 0 Å². The Bertz CT molecular complexity index is 362. The highest BCUT2D eigenvalue weighted by atomic mass is 15.2. The zero-order chi connectivity index (χ0) is 12.8. The molecule has 1 heterocycles. The van der Waals surface area contributed by atoms with E-state index in [1.54, 1.807) is 0 Å². The lowest BCUT2D eigenvalue weighted by Gasteiger charge is -2.25. The largest absolute Gasteiger partial charge is 0.315 e. The van der Waals surface area contributed by atoms with Crippen molar-refractivity contribution < 1.29 is 0 Å². The first kappa shape index (κ1) is 13.6. The fraction of sp³-hybridized carbons (Fsp3) is 0.625. The molecule has 1 unspecified atom stereocenters. The van der Waals surface area contributed by atoms with Gasteiger partial charge in [0, 0.05) is 19.1 Å². The minimum atomic E-state index is 0.733. The highest BCUT2D eigenvalue weighted by molar-refractivity contribution is 5.25. The molecule has 0 amide bonds. The summed E-state index contributed by atoms with van der Waals surface area (Å²) < 4.78 is 0. The number of benzene rings is 1. The van der Waals surface area contributed by atoms with Crippen LogP contribution in [0.1, 0.15) is 37.3 Å². The number of nitrogens with zero attached hydrogens (tertiary/aromatic N) is 1. The van der Waals surface area contributed by atoms with Crippen molar-refractivity contribution in [3.63, 3.8) is 0 Å². The van der Waals surface area contributed by atoms with Crippen LogP contribution in [0.15, 0.2) is 24.3 Å². The van der Waals surface area contributed by atoms with E-state index in [0.717, 1.165) is 25.7 Å². The Hall–Kier alpha value is -0.860. The average Bonchev–Trinajstić information content (AvgIpc) is 2.80. The van der Waals surface area contributed by atoms with Crippen LogP contribution in [0.4, 0.5) is 0 Å². The summed E-state index contributed by atoms with van der Waals surface area (Å²) in [6, 6.07) is 9.50. The maximum Gasteiger partial charge on any atom is 0.0239 e. The molecule has 1 aromatic carbocycles. The van der Waals surface area contributed by atoms with E-state index >= 15 is 0 Å². The molecule has 0 radical (unpaired) electrons. The lowest BCUT2D eigenvalue weighted by atomic mass is 10.1. The van der Waals surface area contributed by atoms with E-state index in [1.807, 2.05) is 0 Å². The second-order valence-corrected chi connectivity index (χ2v) is 5.40. The third-order valence-electron chi connectivity index (χ3n) is 3.94. The fourth-order valence-electron chi connectivity index (χ4n) is 2.79. The summed E-state index contributed by atoms with van der Waals surface area (Å²) in [6.07, 6.45) is 3.93. The fourth-order valence-corrected chi connectivity index (χ4v) is 2.79. The quantitative estimate of drug-likeness (QED) is 0.776. The van der Waals surface area contributed by atoms with Gasteiger partial charge in [-0.1, -0.05) is 31.2 Å². The van der Waals surface area contributed by atoms with Gasteiger partial charge in [-0.2, -0.15) is 0 Å². The van der Waals surface area contributed by atoms with E-state index in [9.17, 15) is 0 Å². The first-order valence-electron chi connectivity index (χ1n) is 7.30. The maximum absolute atomic E-state index is 3.57. The van der Waals surface area contributed by atoms with Gasteiger partial charge in [0.25, 0.3) is 0 Å². The van der Waals surface area contributed by atoms with Crippen molar-refractivity contribution in [1.82, 2.24) is 10.2 Å². The highest BCUT2D eigenvalue weighted by Gasteiger charge is 2.24. The molecule has 2 rings (SSSR count). The van der Waals surface area contributed by atoms with Crippen LogP contribution in [0.5, 0.6) is 0 Å². The molecule has 18 heavy (non-hydrogen) atoms. The van der Waals surface area contributed by atoms with Crippen molar-refractivity contribution >= 4 is 0 Å². The van der Waals surface area contributed by atoms with Crippen molar-refractivity contribution in [2.75, 3.05) is 19.6 Å². The summed E-state index contributed by atoms with van der Waals surface area (Å²) in [7, 11) is 0. The topological polar surface area (TPSA) is 15.3 Å². The minimum absolute atomic E-state index is 0.733. The van der Waals surface area contributed by atoms with Gasteiger partial charge in [0.05, 0.1) is 0 Å². The zero-order valence-corrected chi connectivity index (χ0v) is 11.8. The van der Waals surface area contributed by atoms with Gasteiger partial charge in [-0.25, -0.2) is 0 Å². The van der Waals surface area contributed by atoms with Gasteiger partial charge in [0.2, 0.25) is 0 Å². The maximum atomic E-state index is 3.57. The van der Waals surface area contributed by atoms with Crippen LogP contribution >= 0.6 is 0 Å². The summed E-state index contributed by atoms with van der Waals surface area (Å²) in [4.78, 5) is 2.64. The van der Waals surface area contributed by atoms with Crippen LogP contribution in [0.2, 0.25) is 0 Å². The number of hydrogen-bond donors (Lipinski definition) is 1. The molecule has 1 fully saturated rings. The van der Waals surface area contributed by atoms with Crippen LogP contribution < -0.4 is 5.32 Å². The third kappa shape index (κ3) is 3.56. The smallest absolute Gasteiger partial charge is 0.0239 e. The molecule has 0 saturated carbocycles. The van der Waals surface area contributed by atoms with E-state index in [0.29, 0.717) is 0 Å². The van der Waals surface area contributed by atoms with E-state index in [1.165, 1.54) is 36.9 Å². The van der Waals surface area contributed by atoms with Gasteiger partial charge in [-0.3, -0.25) is 4.90 Å². The Morgan fingerprint density at radius 1 is 1.33 bits per heavy atom. The monoisotopic (exact) mass is 246 g/mol. The van der Waals surface area contributed by atoms with Crippen molar-refractivity contribution in [3.8, 4) is 0 Å². The summed E-state index contributed by atoms with van der Waals surface area (Å²) in [5.74, 6) is 0. The molecule has 1 saturated heterocycles. The molecule has 0 bridgehead atoms. The Kier molecular flexibility index (Phi) is 5.21. The molecular weight excluding hydrogens is 220 g/mol. The van der Waals surface area contributed by atoms with Crippen molar-refractivity contribution in [1.29, 1.82) is 0 Å². The van der Waals surface area contributed by atoms with Crippen LogP contribution in [0.3, 0.4) is 0 Å². The molecule has 1 aliphatic heterocycles. The van der Waals surface area contributed by atoms with Crippen LogP contribution in [-0.2, 0) is 6.54 Å². The molecule has 0 spiro atoms. The van der Waals surface area contributed by atoms with Crippen molar-refractivity contribution in [2.45, 2.75) is 45.7 Å². The summed E-state index contributed by atoms with van der Waals surface area (Å²) in [6.45, 7) is 9.12. The van der Waals surface area contributed by atoms with Gasteiger partial charge in [0.1, 0.15) is 0 Å². The second kappa shape index (κ2) is 6.91. The van der Waals surface area contributed by atoms with Crippen LogP contribution in [-0.4, -0.2) is 30.6 Å². The Morgan fingerprint density at radius 2 is 2.17 bits per heavy atom. The van der Waals surface area contributed by atoms with E-state index in [2.05, 4.69) is 48.3 Å². The lowest BCUT2D eigenvalue weighted by molar-refractivity contribution is 0.239. The Morgan fingerprint density at radius 3 is 2.94 bits per heavy atom. The third-order valence-corrected chi connectivity index (χ3v) is 3.94. The summed E-state index contributed by atoms with van der Waals surface area (Å²) in [5.41, 5.74) is 2.91. The first-order valence-corrected chi connectivity index (χ1v) is 7.30. The number of nitrogens with one attached hydrogen (secondary N) is 1. The van der Waals surface area contributed by atoms with Gasteiger partial charge in [0.15, 0.2) is 0 Å². The molecule has 1 aliphatic rings. The molecular formula is C16H26N2. The second-order valence-electron chi connectivity index (χ2n) is 5.40. The Labute approximate surface area is 111 Å². The van der Waals surface area contributed by atoms with E-state index < -0.39 is 0 Å². The molecule has 0 aromatic heterocycles. The molecule has 2 nitrogen and oxygen atoms in total. The molecule has 1 N–H and O–H groups in total. The predicted molar refractivity (Wildman–Crippen MR) is 77.8 cm³/mol. The molecule has 2 heteroatoms. The van der Waals surface area contributed by atoms with Gasteiger partial charge < -0.3 is 5.32 Å². The Balaban J connectivity index is 1.89. The minimum Gasteiger partial charge on any atom is -0.315 e. The standard InChI is InChI=1S/C16H26N2/c1-3-10-17-12-16-9-6-11-18(16)13-15-8-5-4-7-14(15)2/h4-5,7-8,16-17H,3,6,9-13H2,1-2H3. The highest BCUT2D eigenvalue weighted by Crippen LogP contribution is 2.20. The average molecular weight is 246 g/mol. The molecule has 1 atom stereocenters. The van der Waals surface area contributed by atoms with Crippen molar-refractivity contribution in [3.05, 3.63) is 35.4 Å². The SMILES string of the molecule is CCCNCC1CCCN1Cc1ccccc1C. The van der Waals surface area contributed by atoms with Crippen LogP contribution in [0.25, 0.3) is 0 Å². The predicted octanol–water partition coefficient (Wildman–Crippen LogP) is 2.96. The van der Waals surface area contributed by atoms with Gasteiger partial charge >= 0.3 is 0 Å².